The number of hydrogen-bond acceptors (Lipinski definition) is 4. The number of esters is 1. The molecule has 0 spiro atoms. The van der Waals surface area contributed by atoms with Crippen LogP contribution in [0.25, 0.3) is 0 Å². The third-order valence-corrected chi connectivity index (χ3v) is 1.23. The Bertz CT molecular complexity index is 169. The molecule has 1 amide bonds. The number of aliphatic hydroxyl groups is 1. The molecule has 0 saturated heterocycles. The standard InChI is InChI=1S/C7H13NO4/c1-3-12-7(11)6(10)8(2)4-5-9/h9H,3-5H2,1-2H3. The van der Waals surface area contributed by atoms with Crippen LogP contribution in [0.2, 0.25) is 0 Å². The van der Waals surface area contributed by atoms with E-state index in [2.05, 4.69) is 4.74 Å². The van der Waals surface area contributed by atoms with Gasteiger partial charge in [0.25, 0.3) is 0 Å². The smallest absolute Gasteiger partial charge is 0.396 e. The van der Waals surface area contributed by atoms with Crippen LogP contribution in [0.1, 0.15) is 6.92 Å². The molecule has 0 rings (SSSR count). The largest absolute Gasteiger partial charge is 0.459 e. The molecule has 0 fully saturated rings. The van der Waals surface area contributed by atoms with Crippen LogP contribution in [0.3, 0.4) is 0 Å². The molecule has 0 aromatic heterocycles. The summed E-state index contributed by atoms with van der Waals surface area (Å²) in [6.45, 7) is 1.77. The van der Waals surface area contributed by atoms with Crippen LogP contribution in [0, 0.1) is 0 Å². The molecule has 5 nitrogen and oxygen atoms in total. The van der Waals surface area contributed by atoms with Crippen molar-refractivity contribution in [2.45, 2.75) is 6.92 Å². The van der Waals surface area contributed by atoms with Crippen molar-refractivity contribution in [3.8, 4) is 0 Å². The monoisotopic (exact) mass is 175 g/mol. The molecule has 0 aromatic rings. The number of rotatable bonds is 3. The number of amides is 1. The maximum absolute atomic E-state index is 11.0. The zero-order chi connectivity index (χ0) is 9.56. The van der Waals surface area contributed by atoms with E-state index in [0.29, 0.717) is 0 Å². The van der Waals surface area contributed by atoms with Crippen molar-refractivity contribution in [1.82, 2.24) is 4.90 Å². The molecule has 0 aromatic carbocycles. The third kappa shape index (κ3) is 3.34. The molecular weight excluding hydrogens is 162 g/mol. The Morgan fingerprint density at radius 2 is 2.08 bits per heavy atom. The topological polar surface area (TPSA) is 66.8 Å². The second kappa shape index (κ2) is 5.54. The lowest BCUT2D eigenvalue weighted by atomic mass is 10.5. The van der Waals surface area contributed by atoms with Gasteiger partial charge in [-0.15, -0.1) is 0 Å². The van der Waals surface area contributed by atoms with E-state index in [1.807, 2.05) is 0 Å². The zero-order valence-corrected chi connectivity index (χ0v) is 7.24. The highest BCUT2D eigenvalue weighted by Gasteiger charge is 2.18. The first kappa shape index (κ1) is 10.9. The Hall–Kier alpha value is -1.10. The minimum atomic E-state index is -0.881. The van der Waals surface area contributed by atoms with Gasteiger partial charge in [0.05, 0.1) is 13.2 Å². The van der Waals surface area contributed by atoms with Gasteiger partial charge in [-0.3, -0.25) is 4.79 Å². The van der Waals surface area contributed by atoms with Crippen molar-refractivity contribution in [2.24, 2.45) is 0 Å². The summed E-state index contributed by atoms with van der Waals surface area (Å²) >= 11 is 0. The second-order valence-corrected chi connectivity index (χ2v) is 2.17. The highest BCUT2D eigenvalue weighted by molar-refractivity contribution is 6.32. The number of hydrogen-bond donors (Lipinski definition) is 1. The quantitative estimate of drug-likeness (QED) is 0.441. The van der Waals surface area contributed by atoms with E-state index in [4.69, 9.17) is 5.11 Å². The van der Waals surface area contributed by atoms with Gasteiger partial charge in [-0.05, 0) is 6.92 Å². The van der Waals surface area contributed by atoms with Crippen LogP contribution in [0.4, 0.5) is 0 Å². The number of carbonyl (C=O) groups excluding carboxylic acids is 2. The van der Waals surface area contributed by atoms with Crippen LogP contribution >= 0.6 is 0 Å². The van der Waals surface area contributed by atoms with Crippen LogP contribution in [0.15, 0.2) is 0 Å². The summed E-state index contributed by atoms with van der Waals surface area (Å²) < 4.78 is 4.46. The van der Waals surface area contributed by atoms with Crippen molar-refractivity contribution in [1.29, 1.82) is 0 Å². The maximum Gasteiger partial charge on any atom is 0.396 e. The summed E-state index contributed by atoms with van der Waals surface area (Å²) in [5.41, 5.74) is 0. The first-order valence-corrected chi connectivity index (χ1v) is 3.66. The number of carbonyl (C=O) groups is 2. The van der Waals surface area contributed by atoms with Crippen LogP contribution < -0.4 is 0 Å². The van der Waals surface area contributed by atoms with Gasteiger partial charge in [0.1, 0.15) is 0 Å². The zero-order valence-electron chi connectivity index (χ0n) is 7.24. The van der Waals surface area contributed by atoms with Gasteiger partial charge >= 0.3 is 11.9 Å². The summed E-state index contributed by atoms with van der Waals surface area (Å²) in [4.78, 5) is 22.8. The predicted molar refractivity (Wildman–Crippen MR) is 41.4 cm³/mol. The van der Waals surface area contributed by atoms with Gasteiger partial charge in [-0.1, -0.05) is 0 Å². The normalized spacial score (nSPS) is 9.25. The fourth-order valence-electron chi connectivity index (χ4n) is 0.600. The molecule has 70 valence electrons. The van der Waals surface area contributed by atoms with E-state index in [-0.39, 0.29) is 19.8 Å². The highest BCUT2D eigenvalue weighted by atomic mass is 16.5. The Morgan fingerprint density at radius 1 is 1.50 bits per heavy atom. The first-order valence-electron chi connectivity index (χ1n) is 3.66. The third-order valence-electron chi connectivity index (χ3n) is 1.23. The Balaban J connectivity index is 3.91. The molecule has 0 heterocycles. The maximum atomic E-state index is 11.0. The van der Waals surface area contributed by atoms with Crippen LogP contribution in [-0.2, 0) is 14.3 Å². The van der Waals surface area contributed by atoms with Crippen molar-refractivity contribution in [3.05, 3.63) is 0 Å². The molecule has 12 heavy (non-hydrogen) atoms. The van der Waals surface area contributed by atoms with E-state index in [1.54, 1.807) is 6.92 Å². The summed E-state index contributed by atoms with van der Waals surface area (Å²) in [7, 11) is 1.43. The van der Waals surface area contributed by atoms with Crippen LogP contribution in [0.5, 0.6) is 0 Å². The predicted octanol–water partition coefficient (Wildman–Crippen LogP) is -1.000. The molecule has 5 heteroatoms. The summed E-state index contributed by atoms with van der Waals surface area (Å²) in [5, 5.41) is 8.45. The average Bonchev–Trinajstić information content (AvgIpc) is 2.04. The number of ether oxygens (including phenoxy) is 1. The van der Waals surface area contributed by atoms with Crippen molar-refractivity contribution in [2.75, 3.05) is 26.8 Å². The first-order chi connectivity index (χ1) is 5.63. The minimum absolute atomic E-state index is 0.137. The van der Waals surface area contributed by atoms with Crippen molar-refractivity contribution >= 4 is 11.9 Å². The molecule has 1 N–H and O–H groups in total. The van der Waals surface area contributed by atoms with Gasteiger partial charge in [-0.25, -0.2) is 4.79 Å². The van der Waals surface area contributed by atoms with Crippen molar-refractivity contribution < 1.29 is 19.4 Å². The van der Waals surface area contributed by atoms with Crippen molar-refractivity contribution in [3.63, 3.8) is 0 Å². The number of nitrogens with zero attached hydrogens (tertiary/aromatic N) is 1. The lowest BCUT2D eigenvalue weighted by Gasteiger charge is -2.13. The van der Waals surface area contributed by atoms with Gasteiger partial charge in [0, 0.05) is 13.6 Å². The Labute approximate surface area is 70.9 Å². The molecule has 0 unspecified atom stereocenters. The number of likely N-dealkylation sites (N-methyl/N-ethyl adjacent to an activating group) is 1. The summed E-state index contributed by atoms with van der Waals surface area (Å²) in [5.74, 6) is -1.61. The van der Waals surface area contributed by atoms with E-state index in [1.165, 1.54) is 7.05 Å². The van der Waals surface area contributed by atoms with Gasteiger partial charge in [0.15, 0.2) is 0 Å². The lowest BCUT2D eigenvalue weighted by molar-refractivity contribution is -0.159. The van der Waals surface area contributed by atoms with E-state index < -0.39 is 11.9 Å². The SMILES string of the molecule is CCOC(=O)C(=O)N(C)CCO. The summed E-state index contributed by atoms with van der Waals surface area (Å²) in [6, 6.07) is 0. The molecular formula is C7H13NO4. The molecule has 0 radical (unpaired) electrons. The van der Waals surface area contributed by atoms with E-state index in [0.717, 1.165) is 4.90 Å². The molecule has 0 atom stereocenters. The molecule has 0 aliphatic carbocycles. The fourth-order valence-corrected chi connectivity index (χ4v) is 0.600. The highest BCUT2D eigenvalue weighted by Crippen LogP contribution is 1.87. The van der Waals surface area contributed by atoms with Gasteiger partial charge < -0.3 is 14.7 Å². The Morgan fingerprint density at radius 3 is 2.50 bits per heavy atom. The fraction of sp³-hybridized carbons (Fsp3) is 0.714. The van der Waals surface area contributed by atoms with E-state index in [9.17, 15) is 9.59 Å². The minimum Gasteiger partial charge on any atom is -0.459 e. The molecule has 0 saturated carbocycles. The molecule has 0 aliphatic heterocycles. The van der Waals surface area contributed by atoms with E-state index >= 15 is 0 Å². The lowest BCUT2D eigenvalue weighted by Crippen LogP contribution is -2.36. The number of aliphatic hydroxyl groups excluding tert-OH is 1. The molecule has 0 bridgehead atoms. The average molecular weight is 175 g/mol. The molecule has 0 aliphatic rings. The Kier molecular flexibility index (Phi) is 5.03. The van der Waals surface area contributed by atoms with Crippen LogP contribution in [-0.4, -0.2) is 48.7 Å². The second-order valence-electron chi connectivity index (χ2n) is 2.17. The summed E-state index contributed by atoms with van der Waals surface area (Å²) in [6.07, 6.45) is 0. The van der Waals surface area contributed by atoms with Gasteiger partial charge in [0.2, 0.25) is 0 Å². The van der Waals surface area contributed by atoms with Gasteiger partial charge in [-0.2, -0.15) is 0 Å².